The maximum absolute atomic E-state index is 13.1. The molecule has 1 saturated heterocycles. The van der Waals surface area contributed by atoms with Gasteiger partial charge in [-0.15, -0.1) is 0 Å². The molecule has 1 aromatic rings. The zero-order valence-electron chi connectivity index (χ0n) is 11.3. The van der Waals surface area contributed by atoms with Crippen molar-refractivity contribution in [3.8, 4) is 0 Å². The molecule has 3 rings (SSSR count). The fourth-order valence-electron chi connectivity index (χ4n) is 3.07. The molecule has 1 aliphatic carbocycles. The summed E-state index contributed by atoms with van der Waals surface area (Å²) < 4.78 is 18.5. The van der Waals surface area contributed by atoms with Crippen LogP contribution in [-0.2, 0) is 4.74 Å². The third-order valence-corrected chi connectivity index (χ3v) is 4.49. The van der Waals surface area contributed by atoms with Gasteiger partial charge in [0.1, 0.15) is 5.82 Å². The fraction of sp³-hybridized carbons (Fsp3) is 0.625. The number of hydrogen-bond acceptors (Lipinski definition) is 2. The summed E-state index contributed by atoms with van der Waals surface area (Å²) >= 11 is 0. The van der Waals surface area contributed by atoms with Crippen LogP contribution in [0.1, 0.15) is 43.7 Å². The molecule has 3 heteroatoms. The van der Waals surface area contributed by atoms with E-state index in [4.69, 9.17) is 4.74 Å². The second-order valence-electron chi connectivity index (χ2n) is 5.77. The predicted octanol–water partition coefficient (Wildman–Crippen LogP) is 3.44. The van der Waals surface area contributed by atoms with E-state index in [2.05, 4.69) is 5.32 Å². The standard InChI is InChI=1S/C16H22FNO/c17-14-6-4-13(5-7-14)16(12-2-1-3-12)18-15-8-10-19-11-9-15/h4-7,12,15-16,18H,1-3,8-11H2/t16-/m1/s1. The molecule has 0 spiro atoms. The molecule has 0 unspecified atom stereocenters. The topological polar surface area (TPSA) is 21.3 Å². The normalized spacial score (nSPS) is 23.0. The second kappa shape index (κ2) is 6.02. The van der Waals surface area contributed by atoms with E-state index < -0.39 is 0 Å². The Morgan fingerprint density at radius 3 is 2.32 bits per heavy atom. The van der Waals surface area contributed by atoms with Gasteiger partial charge in [0.25, 0.3) is 0 Å². The number of nitrogens with one attached hydrogen (secondary N) is 1. The van der Waals surface area contributed by atoms with E-state index in [1.165, 1.54) is 24.8 Å². The van der Waals surface area contributed by atoms with Crippen molar-refractivity contribution in [2.45, 2.75) is 44.2 Å². The minimum atomic E-state index is -0.151. The van der Waals surface area contributed by atoms with Gasteiger partial charge < -0.3 is 10.1 Å². The second-order valence-corrected chi connectivity index (χ2v) is 5.77. The van der Waals surface area contributed by atoms with Gasteiger partial charge in [-0.3, -0.25) is 0 Å². The Bertz CT molecular complexity index is 396. The number of benzene rings is 1. The first kappa shape index (κ1) is 13.1. The minimum Gasteiger partial charge on any atom is -0.381 e. The highest BCUT2D eigenvalue weighted by Gasteiger charge is 2.30. The van der Waals surface area contributed by atoms with Crippen LogP contribution in [-0.4, -0.2) is 19.3 Å². The van der Waals surface area contributed by atoms with Gasteiger partial charge in [0.15, 0.2) is 0 Å². The van der Waals surface area contributed by atoms with Crippen molar-refractivity contribution in [3.05, 3.63) is 35.6 Å². The van der Waals surface area contributed by atoms with Gasteiger partial charge >= 0.3 is 0 Å². The van der Waals surface area contributed by atoms with Gasteiger partial charge in [0.05, 0.1) is 0 Å². The van der Waals surface area contributed by atoms with Crippen molar-refractivity contribution in [1.29, 1.82) is 0 Å². The van der Waals surface area contributed by atoms with Crippen molar-refractivity contribution in [3.63, 3.8) is 0 Å². The van der Waals surface area contributed by atoms with Crippen LogP contribution in [0.3, 0.4) is 0 Å². The van der Waals surface area contributed by atoms with Crippen molar-refractivity contribution in [2.75, 3.05) is 13.2 Å². The Labute approximate surface area is 114 Å². The first-order valence-electron chi connectivity index (χ1n) is 7.42. The molecule has 0 radical (unpaired) electrons. The molecule has 1 aliphatic heterocycles. The minimum absolute atomic E-state index is 0.151. The van der Waals surface area contributed by atoms with Gasteiger partial charge in [-0.25, -0.2) is 4.39 Å². The maximum atomic E-state index is 13.1. The van der Waals surface area contributed by atoms with E-state index in [0.717, 1.165) is 26.1 Å². The summed E-state index contributed by atoms with van der Waals surface area (Å²) in [6.07, 6.45) is 6.09. The summed E-state index contributed by atoms with van der Waals surface area (Å²) in [5.41, 5.74) is 1.23. The molecule has 1 aromatic carbocycles. The third-order valence-electron chi connectivity index (χ3n) is 4.49. The lowest BCUT2D eigenvalue weighted by Gasteiger charge is -2.38. The van der Waals surface area contributed by atoms with Gasteiger partial charge in [-0.2, -0.15) is 0 Å². The third kappa shape index (κ3) is 3.15. The van der Waals surface area contributed by atoms with Crippen molar-refractivity contribution < 1.29 is 9.13 Å². The van der Waals surface area contributed by atoms with Gasteiger partial charge in [0.2, 0.25) is 0 Å². The molecule has 1 saturated carbocycles. The van der Waals surface area contributed by atoms with E-state index >= 15 is 0 Å². The SMILES string of the molecule is Fc1ccc([C@H](NC2CCOCC2)C2CCC2)cc1. The Morgan fingerprint density at radius 1 is 1.05 bits per heavy atom. The lowest BCUT2D eigenvalue weighted by atomic mass is 9.76. The molecule has 2 nitrogen and oxygen atoms in total. The van der Waals surface area contributed by atoms with E-state index in [1.807, 2.05) is 12.1 Å². The van der Waals surface area contributed by atoms with Gasteiger partial charge in [-0.05, 0) is 49.3 Å². The smallest absolute Gasteiger partial charge is 0.123 e. The van der Waals surface area contributed by atoms with Crippen molar-refractivity contribution >= 4 is 0 Å². The predicted molar refractivity (Wildman–Crippen MR) is 73.5 cm³/mol. The molecule has 19 heavy (non-hydrogen) atoms. The van der Waals surface area contributed by atoms with E-state index in [-0.39, 0.29) is 5.82 Å². The van der Waals surface area contributed by atoms with Crippen molar-refractivity contribution in [1.82, 2.24) is 5.32 Å². The Hall–Kier alpha value is -0.930. The van der Waals surface area contributed by atoms with Crippen LogP contribution < -0.4 is 5.32 Å². The molecule has 0 amide bonds. The van der Waals surface area contributed by atoms with Crippen LogP contribution in [0, 0.1) is 11.7 Å². The first-order valence-corrected chi connectivity index (χ1v) is 7.42. The Balaban J connectivity index is 1.71. The molecule has 104 valence electrons. The molecule has 2 fully saturated rings. The van der Waals surface area contributed by atoms with Crippen LogP contribution in [0.5, 0.6) is 0 Å². The molecule has 1 heterocycles. The average molecular weight is 263 g/mol. The summed E-state index contributed by atoms with van der Waals surface area (Å²) in [6, 6.07) is 7.95. The number of hydrogen-bond donors (Lipinski definition) is 1. The summed E-state index contributed by atoms with van der Waals surface area (Å²) in [5.74, 6) is 0.565. The Morgan fingerprint density at radius 2 is 1.74 bits per heavy atom. The molecule has 1 atom stereocenters. The summed E-state index contributed by atoms with van der Waals surface area (Å²) in [5, 5.41) is 3.79. The van der Waals surface area contributed by atoms with Gasteiger partial charge in [0, 0.05) is 25.3 Å². The highest BCUT2D eigenvalue weighted by molar-refractivity contribution is 5.21. The molecular weight excluding hydrogens is 241 g/mol. The van der Waals surface area contributed by atoms with E-state index in [0.29, 0.717) is 18.0 Å². The fourth-order valence-corrected chi connectivity index (χ4v) is 3.07. The summed E-state index contributed by atoms with van der Waals surface area (Å²) in [6.45, 7) is 1.72. The van der Waals surface area contributed by atoms with Crippen LogP contribution in [0.2, 0.25) is 0 Å². The van der Waals surface area contributed by atoms with Crippen LogP contribution >= 0.6 is 0 Å². The monoisotopic (exact) mass is 263 g/mol. The largest absolute Gasteiger partial charge is 0.381 e. The molecule has 0 aromatic heterocycles. The zero-order valence-corrected chi connectivity index (χ0v) is 11.3. The molecule has 1 N–H and O–H groups in total. The van der Waals surface area contributed by atoms with Crippen molar-refractivity contribution in [2.24, 2.45) is 5.92 Å². The molecule has 2 aliphatic rings. The Kier molecular flexibility index (Phi) is 4.14. The zero-order chi connectivity index (χ0) is 13.1. The summed E-state index contributed by atoms with van der Waals surface area (Å²) in [4.78, 5) is 0. The van der Waals surface area contributed by atoms with Crippen LogP contribution in [0.4, 0.5) is 4.39 Å². The van der Waals surface area contributed by atoms with E-state index in [1.54, 1.807) is 12.1 Å². The first-order chi connectivity index (χ1) is 9.33. The average Bonchev–Trinajstić information content (AvgIpc) is 2.38. The summed E-state index contributed by atoms with van der Waals surface area (Å²) in [7, 11) is 0. The quantitative estimate of drug-likeness (QED) is 0.898. The number of halogens is 1. The van der Waals surface area contributed by atoms with Crippen LogP contribution in [0.15, 0.2) is 24.3 Å². The molecule has 0 bridgehead atoms. The van der Waals surface area contributed by atoms with Crippen LogP contribution in [0.25, 0.3) is 0 Å². The number of rotatable bonds is 4. The molecular formula is C16H22FNO. The highest BCUT2D eigenvalue weighted by atomic mass is 19.1. The maximum Gasteiger partial charge on any atom is 0.123 e. The highest BCUT2D eigenvalue weighted by Crippen LogP contribution is 2.38. The number of ether oxygens (including phenoxy) is 1. The van der Waals surface area contributed by atoms with E-state index in [9.17, 15) is 4.39 Å². The lowest BCUT2D eigenvalue weighted by Crippen LogP contribution is -2.41. The lowest BCUT2D eigenvalue weighted by molar-refractivity contribution is 0.0686. The van der Waals surface area contributed by atoms with Gasteiger partial charge in [-0.1, -0.05) is 18.6 Å².